The van der Waals surface area contributed by atoms with Crippen molar-refractivity contribution in [2.75, 3.05) is 11.4 Å². The predicted molar refractivity (Wildman–Crippen MR) is 93.1 cm³/mol. The average Bonchev–Trinajstić information content (AvgIpc) is 2.80. The Morgan fingerprint density at radius 1 is 1.32 bits per heavy atom. The van der Waals surface area contributed by atoms with Crippen LogP contribution in [0, 0.1) is 5.92 Å². The zero-order valence-corrected chi connectivity index (χ0v) is 15.2. The molecule has 3 rings (SSSR count). The van der Waals surface area contributed by atoms with Gasteiger partial charge < -0.3 is 4.90 Å². The summed E-state index contributed by atoms with van der Waals surface area (Å²) >= 11 is 3.58. The van der Waals surface area contributed by atoms with E-state index in [-0.39, 0.29) is 0 Å². The van der Waals surface area contributed by atoms with E-state index in [4.69, 9.17) is 0 Å². The number of nitrogens with zero attached hydrogens (tertiary/aromatic N) is 5. The van der Waals surface area contributed by atoms with Crippen LogP contribution < -0.4 is 4.90 Å². The van der Waals surface area contributed by atoms with Crippen molar-refractivity contribution in [3.63, 3.8) is 0 Å². The Labute approximate surface area is 140 Å². The topological polar surface area (TPSA) is 46.8 Å². The van der Waals surface area contributed by atoms with E-state index in [2.05, 4.69) is 49.7 Å². The highest BCUT2D eigenvalue weighted by Gasteiger charge is 2.27. The first-order valence-corrected chi connectivity index (χ1v) is 8.97. The maximum Gasteiger partial charge on any atom is 0.164 e. The van der Waals surface area contributed by atoms with Gasteiger partial charge in [-0.3, -0.25) is 0 Å². The first-order valence-electron chi connectivity index (χ1n) is 8.17. The molecule has 0 spiro atoms. The van der Waals surface area contributed by atoms with Gasteiger partial charge in [-0.2, -0.15) is 5.10 Å². The number of halogens is 1. The highest BCUT2D eigenvalue weighted by molar-refractivity contribution is 9.10. The van der Waals surface area contributed by atoms with Crippen molar-refractivity contribution >= 4 is 32.8 Å². The molecule has 0 amide bonds. The van der Waals surface area contributed by atoms with Crippen LogP contribution in [0.3, 0.4) is 0 Å². The summed E-state index contributed by atoms with van der Waals surface area (Å²) < 4.78 is 2.66. The van der Waals surface area contributed by atoms with Crippen LogP contribution in [0.15, 0.2) is 10.9 Å². The zero-order chi connectivity index (χ0) is 15.7. The van der Waals surface area contributed by atoms with Crippen LogP contribution in [0.2, 0.25) is 0 Å². The predicted octanol–water partition coefficient (Wildman–Crippen LogP) is 3.92. The molecule has 5 nitrogen and oxygen atoms in total. The maximum atomic E-state index is 4.61. The molecule has 1 aliphatic heterocycles. The van der Waals surface area contributed by atoms with E-state index in [0.29, 0.717) is 6.04 Å². The zero-order valence-electron chi connectivity index (χ0n) is 13.6. The minimum atomic E-state index is 0.585. The van der Waals surface area contributed by atoms with Crippen molar-refractivity contribution < 1.29 is 0 Å². The van der Waals surface area contributed by atoms with Gasteiger partial charge in [0.2, 0.25) is 0 Å². The second kappa shape index (κ2) is 6.52. The molecule has 1 atom stereocenters. The van der Waals surface area contributed by atoms with E-state index in [9.17, 15) is 0 Å². The average molecular weight is 366 g/mol. The molecule has 0 aliphatic carbocycles. The van der Waals surface area contributed by atoms with Gasteiger partial charge in [0.1, 0.15) is 16.7 Å². The summed E-state index contributed by atoms with van der Waals surface area (Å²) in [5, 5.41) is 5.49. The second-order valence-electron chi connectivity index (χ2n) is 6.62. The van der Waals surface area contributed by atoms with E-state index in [1.807, 2.05) is 11.7 Å². The van der Waals surface area contributed by atoms with E-state index < -0.39 is 0 Å². The minimum absolute atomic E-state index is 0.585. The molecular formula is C16H24BrN5. The molecule has 0 N–H and O–H groups in total. The summed E-state index contributed by atoms with van der Waals surface area (Å²) in [6.45, 7) is 5.68. The van der Waals surface area contributed by atoms with Crippen LogP contribution in [0.4, 0.5) is 5.82 Å². The van der Waals surface area contributed by atoms with Gasteiger partial charge in [-0.25, -0.2) is 14.6 Å². The third kappa shape index (κ3) is 2.98. The van der Waals surface area contributed by atoms with Gasteiger partial charge in [0.15, 0.2) is 5.65 Å². The molecule has 120 valence electrons. The van der Waals surface area contributed by atoms with Crippen LogP contribution in [-0.2, 0) is 7.05 Å². The lowest BCUT2D eigenvalue weighted by atomic mass is 9.94. The van der Waals surface area contributed by atoms with Crippen molar-refractivity contribution in [2.24, 2.45) is 13.0 Å². The van der Waals surface area contributed by atoms with Gasteiger partial charge >= 0.3 is 0 Å². The van der Waals surface area contributed by atoms with Crippen LogP contribution in [-0.4, -0.2) is 32.3 Å². The van der Waals surface area contributed by atoms with Gasteiger partial charge in [0.25, 0.3) is 0 Å². The molecule has 0 aromatic carbocycles. The standard InChI is InChI=1S/C16H24BrN5/c1-11(2)7-8-12-6-4-5-9-22(12)16-13-14(17)20-21(3)15(13)18-10-19-16/h10-12H,4-9H2,1-3H3/t12-/m1/s1. The van der Waals surface area contributed by atoms with Crippen molar-refractivity contribution in [1.29, 1.82) is 0 Å². The number of hydrogen-bond acceptors (Lipinski definition) is 4. The largest absolute Gasteiger partial charge is 0.353 e. The van der Waals surface area contributed by atoms with Crippen LogP contribution in [0.1, 0.15) is 46.0 Å². The molecule has 1 fully saturated rings. The fourth-order valence-corrected chi connectivity index (χ4v) is 3.94. The lowest BCUT2D eigenvalue weighted by molar-refractivity contribution is 0.402. The fourth-order valence-electron chi connectivity index (χ4n) is 3.35. The molecule has 0 unspecified atom stereocenters. The Morgan fingerprint density at radius 2 is 2.14 bits per heavy atom. The number of rotatable bonds is 4. The van der Waals surface area contributed by atoms with Crippen molar-refractivity contribution in [3.8, 4) is 0 Å². The van der Waals surface area contributed by atoms with Gasteiger partial charge in [0.05, 0.1) is 5.39 Å². The number of fused-ring (bicyclic) bond motifs is 1. The van der Waals surface area contributed by atoms with Crippen LogP contribution in [0.5, 0.6) is 0 Å². The molecule has 1 aliphatic rings. The first kappa shape index (κ1) is 15.7. The van der Waals surface area contributed by atoms with E-state index in [0.717, 1.165) is 33.9 Å². The Balaban J connectivity index is 1.97. The SMILES string of the molecule is CC(C)CC[C@H]1CCCCN1c1ncnc2c1c(Br)nn2C. The van der Waals surface area contributed by atoms with E-state index >= 15 is 0 Å². The molecule has 0 radical (unpaired) electrons. The van der Waals surface area contributed by atoms with Gasteiger partial charge in [-0.1, -0.05) is 13.8 Å². The van der Waals surface area contributed by atoms with E-state index in [1.54, 1.807) is 6.33 Å². The molecule has 0 saturated carbocycles. The van der Waals surface area contributed by atoms with E-state index in [1.165, 1.54) is 32.1 Å². The smallest absolute Gasteiger partial charge is 0.164 e. The molecular weight excluding hydrogens is 342 g/mol. The molecule has 3 heterocycles. The summed E-state index contributed by atoms with van der Waals surface area (Å²) in [4.78, 5) is 11.5. The summed E-state index contributed by atoms with van der Waals surface area (Å²) in [6, 6.07) is 0.585. The maximum absolute atomic E-state index is 4.61. The third-order valence-electron chi connectivity index (χ3n) is 4.53. The Kier molecular flexibility index (Phi) is 4.66. The van der Waals surface area contributed by atoms with Crippen molar-refractivity contribution in [1.82, 2.24) is 19.7 Å². The van der Waals surface area contributed by atoms with Crippen molar-refractivity contribution in [3.05, 3.63) is 10.9 Å². The molecule has 1 saturated heterocycles. The summed E-state index contributed by atoms with van der Waals surface area (Å²) in [7, 11) is 1.93. The quantitative estimate of drug-likeness (QED) is 0.823. The number of anilines is 1. The molecule has 2 aromatic rings. The van der Waals surface area contributed by atoms with Gasteiger partial charge in [-0.05, 0) is 54.0 Å². The number of hydrogen-bond donors (Lipinski definition) is 0. The van der Waals surface area contributed by atoms with Gasteiger partial charge in [0, 0.05) is 19.6 Å². The Hall–Kier alpha value is -1.17. The second-order valence-corrected chi connectivity index (χ2v) is 7.38. The highest BCUT2D eigenvalue weighted by Crippen LogP contribution is 2.34. The normalized spacial score (nSPS) is 19.3. The fraction of sp³-hybridized carbons (Fsp3) is 0.688. The Bertz CT molecular complexity index is 651. The minimum Gasteiger partial charge on any atom is -0.353 e. The molecule has 6 heteroatoms. The monoisotopic (exact) mass is 365 g/mol. The van der Waals surface area contributed by atoms with Crippen molar-refractivity contribution in [2.45, 2.75) is 52.0 Å². The number of aromatic nitrogens is 4. The van der Waals surface area contributed by atoms with Crippen LogP contribution in [0.25, 0.3) is 11.0 Å². The number of aryl methyl sites for hydroxylation is 1. The van der Waals surface area contributed by atoms with Crippen LogP contribution >= 0.6 is 15.9 Å². The first-order chi connectivity index (χ1) is 10.6. The number of piperidine rings is 1. The van der Waals surface area contributed by atoms with Gasteiger partial charge in [-0.15, -0.1) is 0 Å². The summed E-state index contributed by atoms with van der Waals surface area (Å²) in [5.74, 6) is 1.79. The Morgan fingerprint density at radius 3 is 2.91 bits per heavy atom. The summed E-state index contributed by atoms with van der Waals surface area (Å²) in [5.41, 5.74) is 0.894. The third-order valence-corrected chi connectivity index (χ3v) is 5.09. The summed E-state index contributed by atoms with van der Waals surface area (Å²) in [6.07, 6.45) is 7.99. The highest BCUT2D eigenvalue weighted by atomic mass is 79.9. The molecule has 22 heavy (non-hydrogen) atoms. The lowest BCUT2D eigenvalue weighted by Gasteiger charge is -2.37. The molecule has 0 bridgehead atoms. The molecule has 2 aromatic heterocycles. The lowest BCUT2D eigenvalue weighted by Crippen LogP contribution is -2.40.